The topological polar surface area (TPSA) is 41.6 Å². The molecule has 0 spiro atoms. The Bertz CT molecular complexity index is 235. The third-order valence-corrected chi connectivity index (χ3v) is 3.42. The van der Waals surface area contributed by atoms with Crippen LogP contribution in [-0.4, -0.2) is 50.2 Å². The number of carbonyl (C=O) groups is 1. The van der Waals surface area contributed by atoms with Crippen molar-refractivity contribution in [1.82, 2.24) is 10.2 Å². The van der Waals surface area contributed by atoms with Crippen molar-refractivity contribution in [3.05, 3.63) is 0 Å². The first-order chi connectivity index (χ1) is 7.75. The second kappa shape index (κ2) is 5.64. The monoisotopic (exact) mass is 226 g/mol. The number of likely N-dealkylation sites (N-methyl/N-ethyl adjacent to an activating group) is 1. The molecule has 1 saturated heterocycles. The molecule has 0 aromatic rings. The van der Waals surface area contributed by atoms with E-state index < -0.39 is 0 Å². The van der Waals surface area contributed by atoms with Gasteiger partial charge >= 0.3 is 0 Å². The molecule has 4 heteroatoms. The molecule has 16 heavy (non-hydrogen) atoms. The molecule has 4 nitrogen and oxygen atoms in total. The van der Waals surface area contributed by atoms with Crippen LogP contribution < -0.4 is 5.32 Å². The van der Waals surface area contributed by atoms with Gasteiger partial charge in [0, 0.05) is 32.8 Å². The predicted molar refractivity (Wildman–Crippen MR) is 62.2 cm³/mol. The molecule has 0 aromatic carbocycles. The molecule has 0 bridgehead atoms. The van der Waals surface area contributed by atoms with Gasteiger partial charge in [0.15, 0.2) is 0 Å². The van der Waals surface area contributed by atoms with Crippen molar-refractivity contribution in [1.29, 1.82) is 0 Å². The Morgan fingerprint density at radius 3 is 2.62 bits per heavy atom. The van der Waals surface area contributed by atoms with Crippen LogP contribution in [0, 0.1) is 5.92 Å². The van der Waals surface area contributed by atoms with Gasteiger partial charge in [-0.3, -0.25) is 4.79 Å². The zero-order chi connectivity index (χ0) is 11.4. The lowest BCUT2D eigenvalue weighted by molar-refractivity contribution is -0.130. The minimum Gasteiger partial charge on any atom is -0.381 e. The molecule has 92 valence electrons. The summed E-state index contributed by atoms with van der Waals surface area (Å²) in [5.41, 5.74) is 0. The maximum atomic E-state index is 11.8. The highest BCUT2D eigenvalue weighted by Gasteiger charge is 2.23. The van der Waals surface area contributed by atoms with E-state index in [1.807, 2.05) is 11.9 Å². The molecule has 2 rings (SSSR count). The fourth-order valence-corrected chi connectivity index (χ4v) is 2.07. The minimum absolute atomic E-state index is 0.221. The lowest BCUT2D eigenvalue weighted by Gasteiger charge is -2.27. The molecule has 1 saturated carbocycles. The van der Waals surface area contributed by atoms with Gasteiger partial charge in [-0.05, 0) is 31.6 Å². The molecule has 1 heterocycles. The molecule has 2 fully saturated rings. The van der Waals surface area contributed by atoms with E-state index >= 15 is 0 Å². The number of carbonyl (C=O) groups excluding carboxylic acids is 1. The first kappa shape index (κ1) is 11.9. The van der Waals surface area contributed by atoms with E-state index in [1.54, 1.807) is 0 Å². The standard InChI is InChI=1S/C12H22N2O2/c1-14(9-10-4-6-16-7-5-10)12(15)8-13-11-2-3-11/h10-11,13H,2-9H2,1H3. The Morgan fingerprint density at radius 2 is 2.00 bits per heavy atom. The highest BCUT2D eigenvalue weighted by atomic mass is 16.5. The van der Waals surface area contributed by atoms with Gasteiger partial charge in [0.05, 0.1) is 6.54 Å². The van der Waals surface area contributed by atoms with Crippen molar-refractivity contribution in [2.24, 2.45) is 5.92 Å². The molecular weight excluding hydrogens is 204 g/mol. The minimum atomic E-state index is 0.221. The second-order valence-corrected chi connectivity index (χ2v) is 4.99. The Kier molecular flexibility index (Phi) is 4.18. The van der Waals surface area contributed by atoms with E-state index in [9.17, 15) is 4.79 Å². The summed E-state index contributed by atoms with van der Waals surface area (Å²) in [5.74, 6) is 0.849. The Labute approximate surface area is 97.3 Å². The van der Waals surface area contributed by atoms with Crippen molar-refractivity contribution < 1.29 is 9.53 Å². The van der Waals surface area contributed by atoms with E-state index in [2.05, 4.69) is 5.32 Å². The van der Waals surface area contributed by atoms with Gasteiger partial charge < -0.3 is 15.0 Å². The van der Waals surface area contributed by atoms with Gasteiger partial charge in [-0.2, -0.15) is 0 Å². The van der Waals surface area contributed by atoms with Crippen LogP contribution in [0.2, 0.25) is 0 Å². The summed E-state index contributed by atoms with van der Waals surface area (Å²) in [6, 6.07) is 0.612. The van der Waals surface area contributed by atoms with Crippen molar-refractivity contribution in [3.63, 3.8) is 0 Å². The molecule has 2 aliphatic rings. The molecule has 1 aliphatic carbocycles. The Balaban J connectivity index is 1.64. The zero-order valence-corrected chi connectivity index (χ0v) is 10.1. The second-order valence-electron chi connectivity index (χ2n) is 4.99. The summed E-state index contributed by atoms with van der Waals surface area (Å²) in [6.07, 6.45) is 4.65. The number of hydrogen-bond donors (Lipinski definition) is 1. The van der Waals surface area contributed by atoms with Gasteiger partial charge in [-0.25, -0.2) is 0 Å². The van der Waals surface area contributed by atoms with Crippen LogP contribution in [0.5, 0.6) is 0 Å². The van der Waals surface area contributed by atoms with Crippen LogP contribution in [0.15, 0.2) is 0 Å². The molecular formula is C12H22N2O2. The smallest absolute Gasteiger partial charge is 0.236 e. The average molecular weight is 226 g/mol. The third-order valence-electron chi connectivity index (χ3n) is 3.42. The highest BCUT2D eigenvalue weighted by molar-refractivity contribution is 5.78. The van der Waals surface area contributed by atoms with Crippen molar-refractivity contribution in [3.8, 4) is 0 Å². The quantitative estimate of drug-likeness (QED) is 0.747. The summed E-state index contributed by atoms with van der Waals surface area (Å²) >= 11 is 0. The number of ether oxygens (including phenoxy) is 1. The lowest BCUT2D eigenvalue weighted by atomic mass is 10.00. The number of rotatable bonds is 5. The molecule has 1 N–H and O–H groups in total. The SMILES string of the molecule is CN(CC1CCOCC1)C(=O)CNC1CC1. The van der Waals surface area contributed by atoms with Crippen molar-refractivity contribution in [2.75, 3.05) is 33.4 Å². The van der Waals surface area contributed by atoms with Crippen LogP contribution in [0.3, 0.4) is 0 Å². The summed E-state index contributed by atoms with van der Waals surface area (Å²) in [7, 11) is 1.91. The maximum absolute atomic E-state index is 11.8. The summed E-state index contributed by atoms with van der Waals surface area (Å²) in [4.78, 5) is 13.6. The van der Waals surface area contributed by atoms with E-state index in [0.717, 1.165) is 32.6 Å². The summed E-state index contributed by atoms with van der Waals surface area (Å²) in [5, 5.41) is 3.26. The molecule has 0 unspecified atom stereocenters. The van der Waals surface area contributed by atoms with Gasteiger partial charge in [0.25, 0.3) is 0 Å². The first-order valence-corrected chi connectivity index (χ1v) is 6.31. The third kappa shape index (κ3) is 3.76. The van der Waals surface area contributed by atoms with Gasteiger partial charge in [0.1, 0.15) is 0 Å². The Morgan fingerprint density at radius 1 is 1.31 bits per heavy atom. The van der Waals surface area contributed by atoms with E-state index in [1.165, 1.54) is 12.8 Å². The normalized spacial score (nSPS) is 22.1. The number of amides is 1. The van der Waals surface area contributed by atoms with Crippen LogP contribution in [0.4, 0.5) is 0 Å². The average Bonchev–Trinajstić information content (AvgIpc) is 3.11. The van der Waals surface area contributed by atoms with Crippen LogP contribution in [0.1, 0.15) is 25.7 Å². The fourth-order valence-electron chi connectivity index (χ4n) is 2.07. The first-order valence-electron chi connectivity index (χ1n) is 6.31. The van der Waals surface area contributed by atoms with Gasteiger partial charge in [-0.15, -0.1) is 0 Å². The lowest BCUT2D eigenvalue weighted by Crippen LogP contribution is -2.39. The number of nitrogens with one attached hydrogen (secondary N) is 1. The van der Waals surface area contributed by atoms with Gasteiger partial charge in [0.2, 0.25) is 5.91 Å². The molecule has 1 aliphatic heterocycles. The van der Waals surface area contributed by atoms with E-state index in [0.29, 0.717) is 18.5 Å². The number of nitrogens with zero attached hydrogens (tertiary/aromatic N) is 1. The van der Waals surface area contributed by atoms with Crippen LogP contribution in [0.25, 0.3) is 0 Å². The fraction of sp³-hybridized carbons (Fsp3) is 0.917. The molecule has 0 atom stereocenters. The molecule has 0 aromatic heterocycles. The molecule has 0 radical (unpaired) electrons. The zero-order valence-electron chi connectivity index (χ0n) is 10.1. The van der Waals surface area contributed by atoms with Crippen molar-refractivity contribution >= 4 is 5.91 Å². The number of hydrogen-bond acceptors (Lipinski definition) is 3. The van der Waals surface area contributed by atoms with Crippen LogP contribution >= 0.6 is 0 Å². The van der Waals surface area contributed by atoms with Crippen molar-refractivity contribution in [2.45, 2.75) is 31.7 Å². The Hall–Kier alpha value is -0.610. The summed E-state index contributed by atoms with van der Waals surface area (Å²) < 4.78 is 5.31. The van der Waals surface area contributed by atoms with E-state index in [4.69, 9.17) is 4.74 Å². The largest absolute Gasteiger partial charge is 0.381 e. The summed E-state index contributed by atoms with van der Waals surface area (Å²) in [6.45, 7) is 3.10. The van der Waals surface area contributed by atoms with E-state index in [-0.39, 0.29) is 5.91 Å². The maximum Gasteiger partial charge on any atom is 0.236 e. The highest BCUT2D eigenvalue weighted by Crippen LogP contribution is 2.18. The predicted octanol–water partition coefficient (Wildman–Crippen LogP) is 0.623. The van der Waals surface area contributed by atoms with Crippen LogP contribution in [-0.2, 0) is 9.53 Å². The van der Waals surface area contributed by atoms with Gasteiger partial charge in [-0.1, -0.05) is 0 Å². The molecule has 1 amide bonds.